The van der Waals surface area contributed by atoms with E-state index >= 15 is 0 Å². The van der Waals surface area contributed by atoms with Gasteiger partial charge in [-0.2, -0.15) is 4.98 Å². The van der Waals surface area contributed by atoms with Crippen LogP contribution in [0.5, 0.6) is 5.88 Å². The first-order valence-corrected chi connectivity index (χ1v) is 7.64. The summed E-state index contributed by atoms with van der Waals surface area (Å²) in [4.78, 5) is 9.24. The van der Waals surface area contributed by atoms with Gasteiger partial charge in [-0.1, -0.05) is 0 Å². The minimum absolute atomic E-state index is 0.219. The lowest BCUT2D eigenvalue weighted by Crippen LogP contribution is -2.18. The molecule has 0 aromatic carbocycles. The molecule has 5 nitrogen and oxygen atoms in total. The standard InChI is InChI=1S/C15H23N3O2/c1-3-16-13-10(2)15(18-14(17-13)11-6-7-11)20-9-12-5-4-8-19-12/h11-12H,3-9H2,1-2H3,(H,16,17,18). The summed E-state index contributed by atoms with van der Waals surface area (Å²) in [6.45, 7) is 6.39. The Bertz CT molecular complexity index is 468. The van der Waals surface area contributed by atoms with Crippen molar-refractivity contribution in [2.24, 2.45) is 0 Å². The maximum absolute atomic E-state index is 5.91. The van der Waals surface area contributed by atoms with Crippen molar-refractivity contribution >= 4 is 5.82 Å². The van der Waals surface area contributed by atoms with E-state index in [2.05, 4.69) is 22.2 Å². The van der Waals surface area contributed by atoms with Crippen LogP contribution in [-0.2, 0) is 4.74 Å². The molecule has 0 bridgehead atoms. The maximum atomic E-state index is 5.91. The lowest BCUT2D eigenvalue weighted by molar-refractivity contribution is 0.0659. The summed E-state index contributed by atoms with van der Waals surface area (Å²) >= 11 is 0. The predicted octanol–water partition coefficient (Wildman–Crippen LogP) is 2.65. The van der Waals surface area contributed by atoms with Crippen molar-refractivity contribution in [1.29, 1.82) is 0 Å². The van der Waals surface area contributed by atoms with Gasteiger partial charge in [-0.05, 0) is 39.5 Å². The molecular formula is C15H23N3O2. The van der Waals surface area contributed by atoms with Crippen LogP contribution in [0.3, 0.4) is 0 Å². The van der Waals surface area contributed by atoms with E-state index in [0.717, 1.165) is 43.2 Å². The lowest BCUT2D eigenvalue weighted by atomic mass is 10.2. The van der Waals surface area contributed by atoms with E-state index in [4.69, 9.17) is 9.47 Å². The second kappa shape index (κ2) is 5.95. The van der Waals surface area contributed by atoms with Crippen molar-refractivity contribution in [3.63, 3.8) is 0 Å². The second-order valence-electron chi connectivity index (χ2n) is 5.61. The second-order valence-corrected chi connectivity index (χ2v) is 5.61. The van der Waals surface area contributed by atoms with Gasteiger partial charge in [0.1, 0.15) is 18.2 Å². The van der Waals surface area contributed by atoms with E-state index in [1.807, 2.05) is 6.92 Å². The molecular weight excluding hydrogens is 254 g/mol. The molecule has 3 rings (SSSR count). The van der Waals surface area contributed by atoms with Crippen LogP contribution in [0, 0.1) is 6.92 Å². The zero-order valence-corrected chi connectivity index (χ0v) is 12.3. The summed E-state index contributed by atoms with van der Waals surface area (Å²) < 4.78 is 11.5. The Labute approximate surface area is 120 Å². The van der Waals surface area contributed by atoms with Gasteiger partial charge < -0.3 is 14.8 Å². The minimum atomic E-state index is 0.219. The molecule has 1 aromatic rings. The van der Waals surface area contributed by atoms with E-state index < -0.39 is 0 Å². The molecule has 5 heteroatoms. The van der Waals surface area contributed by atoms with Gasteiger partial charge in [0.05, 0.1) is 11.7 Å². The first-order valence-electron chi connectivity index (χ1n) is 7.64. The first-order chi connectivity index (χ1) is 9.78. The van der Waals surface area contributed by atoms with E-state index in [9.17, 15) is 0 Å². The minimum Gasteiger partial charge on any atom is -0.475 e. The zero-order chi connectivity index (χ0) is 13.9. The number of nitrogens with one attached hydrogen (secondary N) is 1. The average Bonchev–Trinajstić information content (AvgIpc) is 3.17. The molecule has 1 unspecified atom stereocenters. The number of aromatic nitrogens is 2. The molecule has 2 fully saturated rings. The molecule has 0 amide bonds. The van der Waals surface area contributed by atoms with Crippen molar-refractivity contribution in [2.45, 2.75) is 51.6 Å². The van der Waals surface area contributed by atoms with Crippen molar-refractivity contribution in [2.75, 3.05) is 25.1 Å². The molecule has 1 atom stereocenters. The van der Waals surface area contributed by atoms with Crippen LogP contribution in [0.4, 0.5) is 5.82 Å². The topological polar surface area (TPSA) is 56.3 Å². The number of anilines is 1. The number of hydrogen-bond acceptors (Lipinski definition) is 5. The van der Waals surface area contributed by atoms with Gasteiger partial charge in [0.25, 0.3) is 0 Å². The van der Waals surface area contributed by atoms with E-state index in [0.29, 0.717) is 18.4 Å². The highest BCUT2D eigenvalue weighted by Gasteiger charge is 2.28. The largest absolute Gasteiger partial charge is 0.475 e. The fourth-order valence-electron chi connectivity index (χ4n) is 2.46. The quantitative estimate of drug-likeness (QED) is 0.866. The van der Waals surface area contributed by atoms with Crippen LogP contribution in [0.1, 0.15) is 49.9 Å². The fraction of sp³-hybridized carbons (Fsp3) is 0.733. The lowest BCUT2D eigenvalue weighted by Gasteiger charge is -2.15. The van der Waals surface area contributed by atoms with E-state index in [1.54, 1.807) is 0 Å². The molecule has 1 aromatic heterocycles. The van der Waals surface area contributed by atoms with Crippen LogP contribution < -0.4 is 10.1 Å². The van der Waals surface area contributed by atoms with Gasteiger partial charge in [0.15, 0.2) is 0 Å². The summed E-state index contributed by atoms with van der Waals surface area (Å²) in [6.07, 6.45) is 4.82. The van der Waals surface area contributed by atoms with Gasteiger partial charge in [0, 0.05) is 19.1 Å². The highest BCUT2D eigenvalue weighted by Crippen LogP contribution is 2.40. The maximum Gasteiger partial charge on any atom is 0.221 e. The summed E-state index contributed by atoms with van der Waals surface area (Å²) in [5, 5.41) is 3.30. The predicted molar refractivity (Wildman–Crippen MR) is 77.4 cm³/mol. The van der Waals surface area contributed by atoms with Gasteiger partial charge >= 0.3 is 0 Å². The highest BCUT2D eigenvalue weighted by molar-refractivity contribution is 5.49. The Morgan fingerprint density at radius 2 is 2.15 bits per heavy atom. The molecule has 20 heavy (non-hydrogen) atoms. The van der Waals surface area contributed by atoms with Crippen molar-refractivity contribution in [3.8, 4) is 5.88 Å². The number of ether oxygens (including phenoxy) is 2. The Morgan fingerprint density at radius 3 is 2.80 bits per heavy atom. The molecule has 2 aliphatic rings. The summed E-state index contributed by atoms with van der Waals surface area (Å²) in [5.74, 6) is 3.08. The molecule has 0 spiro atoms. The molecule has 1 aliphatic heterocycles. The van der Waals surface area contributed by atoms with Crippen LogP contribution in [-0.4, -0.2) is 35.8 Å². The molecule has 2 heterocycles. The Kier molecular flexibility index (Phi) is 4.05. The Morgan fingerprint density at radius 1 is 1.30 bits per heavy atom. The summed E-state index contributed by atoms with van der Waals surface area (Å²) in [5.41, 5.74) is 0.995. The SMILES string of the molecule is CCNc1nc(C2CC2)nc(OCC2CCCO2)c1C. The van der Waals surface area contributed by atoms with Gasteiger partial charge in [-0.3, -0.25) is 0 Å². The van der Waals surface area contributed by atoms with Gasteiger partial charge in [-0.15, -0.1) is 0 Å². The molecule has 0 radical (unpaired) electrons. The van der Waals surface area contributed by atoms with Gasteiger partial charge in [0.2, 0.25) is 5.88 Å². The molecule has 110 valence electrons. The Hall–Kier alpha value is -1.36. The van der Waals surface area contributed by atoms with Crippen LogP contribution >= 0.6 is 0 Å². The molecule has 1 aliphatic carbocycles. The molecule has 1 saturated heterocycles. The number of nitrogens with zero attached hydrogens (tertiary/aromatic N) is 2. The summed E-state index contributed by atoms with van der Waals surface area (Å²) in [6, 6.07) is 0. The summed E-state index contributed by atoms with van der Waals surface area (Å²) in [7, 11) is 0. The van der Waals surface area contributed by atoms with Crippen LogP contribution in [0.15, 0.2) is 0 Å². The number of hydrogen-bond donors (Lipinski definition) is 1. The van der Waals surface area contributed by atoms with E-state index in [1.165, 1.54) is 12.8 Å². The Balaban J connectivity index is 1.76. The molecule has 1 N–H and O–H groups in total. The van der Waals surface area contributed by atoms with Crippen molar-refractivity contribution in [3.05, 3.63) is 11.4 Å². The number of rotatable bonds is 6. The van der Waals surface area contributed by atoms with Crippen LogP contribution in [0.2, 0.25) is 0 Å². The molecule has 1 saturated carbocycles. The first kappa shape index (κ1) is 13.6. The smallest absolute Gasteiger partial charge is 0.221 e. The third kappa shape index (κ3) is 3.03. The highest BCUT2D eigenvalue weighted by atomic mass is 16.5. The van der Waals surface area contributed by atoms with Crippen molar-refractivity contribution in [1.82, 2.24) is 9.97 Å². The van der Waals surface area contributed by atoms with Crippen LogP contribution in [0.25, 0.3) is 0 Å². The average molecular weight is 277 g/mol. The fourth-order valence-corrected chi connectivity index (χ4v) is 2.46. The normalized spacial score (nSPS) is 22.0. The monoisotopic (exact) mass is 277 g/mol. The van der Waals surface area contributed by atoms with E-state index in [-0.39, 0.29) is 6.10 Å². The van der Waals surface area contributed by atoms with Gasteiger partial charge in [-0.25, -0.2) is 4.98 Å². The third-order valence-electron chi connectivity index (χ3n) is 3.84. The zero-order valence-electron chi connectivity index (χ0n) is 12.3. The third-order valence-corrected chi connectivity index (χ3v) is 3.84. The van der Waals surface area contributed by atoms with Crippen molar-refractivity contribution < 1.29 is 9.47 Å².